The minimum absolute atomic E-state index is 0.167. The molecule has 134 valence electrons. The first-order valence-corrected chi connectivity index (χ1v) is 9.76. The van der Waals surface area contributed by atoms with E-state index in [1.165, 1.54) is 23.7 Å². The van der Waals surface area contributed by atoms with E-state index in [2.05, 4.69) is 49.3 Å². The van der Waals surface area contributed by atoms with Crippen LogP contribution in [0.3, 0.4) is 0 Å². The van der Waals surface area contributed by atoms with Crippen LogP contribution in [0.15, 0.2) is 23.4 Å². The summed E-state index contributed by atoms with van der Waals surface area (Å²) in [6.07, 6.45) is 3.37. The van der Waals surface area contributed by atoms with E-state index >= 15 is 0 Å². The fraction of sp³-hybridized carbons (Fsp3) is 0.556. The predicted molar refractivity (Wildman–Crippen MR) is 99.0 cm³/mol. The van der Waals surface area contributed by atoms with Gasteiger partial charge in [0.2, 0.25) is 11.1 Å². The van der Waals surface area contributed by atoms with Gasteiger partial charge in [0, 0.05) is 12.1 Å². The van der Waals surface area contributed by atoms with Crippen molar-refractivity contribution < 1.29 is 4.79 Å². The minimum Gasteiger partial charge on any atom is -0.337 e. The maximum Gasteiger partial charge on any atom is 0.233 e. The van der Waals surface area contributed by atoms with Gasteiger partial charge in [0.15, 0.2) is 0 Å². The molecule has 1 fully saturated rings. The molecule has 1 amide bonds. The number of hydrogen-bond donors (Lipinski definition) is 0. The number of thioether (sulfide) groups is 1. The fourth-order valence-corrected chi connectivity index (χ4v) is 4.25. The number of hydrogen-bond acceptors (Lipinski definition) is 5. The van der Waals surface area contributed by atoms with Crippen LogP contribution in [0, 0.1) is 13.8 Å². The maximum atomic E-state index is 12.7. The monoisotopic (exact) mass is 359 g/mol. The number of carbonyl (C=O) groups is 1. The highest BCUT2D eigenvalue weighted by molar-refractivity contribution is 7.99. The van der Waals surface area contributed by atoms with Crippen molar-refractivity contribution in [3.63, 3.8) is 0 Å². The Morgan fingerprint density at radius 2 is 1.96 bits per heavy atom. The first-order chi connectivity index (χ1) is 12.0. The first kappa shape index (κ1) is 17.9. The molecule has 1 aliphatic heterocycles. The number of aryl methyl sites for hydroxylation is 1. The Hall–Kier alpha value is -1.89. The van der Waals surface area contributed by atoms with Gasteiger partial charge in [0.25, 0.3) is 0 Å². The van der Waals surface area contributed by atoms with Crippen molar-refractivity contribution in [3.05, 3.63) is 29.3 Å². The van der Waals surface area contributed by atoms with E-state index in [1.807, 2.05) is 17.0 Å². The molecule has 1 aliphatic rings. The van der Waals surface area contributed by atoms with Gasteiger partial charge in [-0.15, -0.1) is 5.10 Å². The smallest absolute Gasteiger partial charge is 0.233 e. The highest BCUT2D eigenvalue weighted by atomic mass is 32.2. The van der Waals surface area contributed by atoms with E-state index < -0.39 is 0 Å². The topological polar surface area (TPSA) is 63.9 Å². The summed E-state index contributed by atoms with van der Waals surface area (Å²) in [4.78, 5) is 14.7. The summed E-state index contributed by atoms with van der Waals surface area (Å²) in [7, 11) is 0. The summed E-state index contributed by atoms with van der Waals surface area (Å²) >= 11 is 1.40. The largest absolute Gasteiger partial charge is 0.337 e. The van der Waals surface area contributed by atoms with Gasteiger partial charge in [-0.2, -0.15) is 4.68 Å². The second kappa shape index (κ2) is 7.56. The third-order valence-corrected chi connectivity index (χ3v) is 5.96. The molecule has 0 spiro atoms. The van der Waals surface area contributed by atoms with Crippen LogP contribution < -0.4 is 0 Å². The summed E-state index contributed by atoms with van der Waals surface area (Å²) in [5.41, 5.74) is 3.29. The van der Waals surface area contributed by atoms with Crippen molar-refractivity contribution >= 4 is 17.7 Å². The van der Waals surface area contributed by atoms with Crippen LogP contribution in [-0.2, 0) is 4.79 Å². The van der Waals surface area contributed by atoms with E-state index in [9.17, 15) is 4.79 Å². The average molecular weight is 359 g/mol. The van der Waals surface area contributed by atoms with E-state index in [0.29, 0.717) is 23.0 Å². The minimum atomic E-state index is 0.167. The van der Waals surface area contributed by atoms with Crippen LogP contribution in [0.5, 0.6) is 0 Å². The van der Waals surface area contributed by atoms with Crippen molar-refractivity contribution in [2.45, 2.75) is 64.2 Å². The molecule has 6 nitrogen and oxygen atoms in total. The number of carbonyl (C=O) groups excluding carboxylic acids is 1. The van der Waals surface area contributed by atoms with Gasteiger partial charge < -0.3 is 4.90 Å². The lowest BCUT2D eigenvalue weighted by Gasteiger charge is -2.39. The van der Waals surface area contributed by atoms with Crippen molar-refractivity contribution in [1.29, 1.82) is 0 Å². The molecule has 2 atom stereocenters. The number of aromatic nitrogens is 4. The van der Waals surface area contributed by atoms with Crippen LogP contribution >= 0.6 is 11.8 Å². The van der Waals surface area contributed by atoms with Crippen LogP contribution in [-0.4, -0.2) is 48.9 Å². The third-order valence-electron chi connectivity index (χ3n) is 5.05. The Morgan fingerprint density at radius 3 is 2.68 bits per heavy atom. The molecule has 0 N–H and O–H groups in total. The Kier molecular flexibility index (Phi) is 5.42. The van der Waals surface area contributed by atoms with Crippen molar-refractivity contribution in [2.75, 3.05) is 5.75 Å². The van der Waals surface area contributed by atoms with Gasteiger partial charge >= 0.3 is 0 Å². The zero-order valence-electron chi connectivity index (χ0n) is 15.3. The quantitative estimate of drug-likeness (QED) is 0.785. The van der Waals surface area contributed by atoms with E-state index in [0.717, 1.165) is 24.1 Å². The zero-order valence-corrected chi connectivity index (χ0v) is 16.1. The predicted octanol–water partition coefficient (Wildman–Crippen LogP) is 3.16. The molecule has 0 unspecified atom stereocenters. The Balaban J connectivity index is 1.74. The summed E-state index contributed by atoms with van der Waals surface area (Å²) in [5.74, 6) is 0.528. The average Bonchev–Trinajstić information content (AvgIpc) is 3.03. The molecule has 7 heteroatoms. The second-order valence-electron chi connectivity index (χ2n) is 6.81. The molecular formula is C18H25N5OS. The number of tetrazole rings is 1. The molecule has 0 bridgehead atoms. The summed E-state index contributed by atoms with van der Waals surface area (Å²) in [5, 5.41) is 12.7. The number of rotatable bonds is 4. The molecule has 1 saturated heterocycles. The lowest BCUT2D eigenvalue weighted by Crippen LogP contribution is -2.48. The van der Waals surface area contributed by atoms with Crippen LogP contribution in [0.25, 0.3) is 5.69 Å². The molecule has 2 aromatic rings. The summed E-state index contributed by atoms with van der Waals surface area (Å²) in [6, 6.07) is 6.69. The lowest BCUT2D eigenvalue weighted by atomic mass is 9.98. The summed E-state index contributed by atoms with van der Waals surface area (Å²) in [6.45, 7) is 8.40. The molecule has 25 heavy (non-hydrogen) atoms. The number of likely N-dealkylation sites (tertiary alicyclic amines) is 1. The van der Waals surface area contributed by atoms with E-state index in [1.54, 1.807) is 4.68 Å². The second-order valence-corrected chi connectivity index (χ2v) is 7.75. The lowest BCUT2D eigenvalue weighted by molar-refractivity contribution is -0.134. The van der Waals surface area contributed by atoms with Gasteiger partial charge in [-0.25, -0.2) is 0 Å². The molecule has 0 saturated carbocycles. The number of amides is 1. The van der Waals surface area contributed by atoms with Gasteiger partial charge in [-0.05, 0) is 74.6 Å². The molecule has 0 aliphatic carbocycles. The number of piperidine rings is 1. The Morgan fingerprint density at radius 1 is 1.24 bits per heavy atom. The van der Waals surface area contributed by atoms with Crippen molar-refractivity contribution in [3.8, 4) is 5.69 Å². The first-order valence-electron chi connectivity index (χ1n) is 8.78. The molecular weight excluding hydrogens is 334 g/mol. The SMILES string of the molecule is Cc1cccc(-n2nnnc2SCC(=O)N2[C@H](C)CCC[C@@H]2C)c1C. The van der Waals surface area contributed by atoms with Gasteiger partial charge in [-0.1, -0.05) is 23.9 Å². The van der Waals surface area contributed by atoms with E-state index in [4.69, 9.17) is 0 Å². The fourth-order valence-electron chi connectivity index (χ4n) is 3.50. The zero-order chi connectivity index (χ0) is 18.0. The highest BCUT2D eigenvalue weighted by Gasteiger charge is 2.29. The third kappa shape index (κ3) is 3.71. The van der Waals surface area contributed by atoms with E-state index in [-0.39, 0.29) is 5.91 Å². The molecule has 2 heterocycles. The van der Waals surface area contributed by atoms with Crippen LogP contribution in [0.1, 0.15) is 44.2 Å². The Bertz CT molecular complexity index is 750. The molecule has 0 radical (unpaired) electrons. The standard InChI is InChI=1S/C18H25N5OS/c1-12-7-5-10-16(15(12)4)23-18(19-20-21-23)25-11-17(24)22-13(2)8-6-9-14(22)3/h5,7,10,13-14H,6,8-9,11H2,1-4H3/t13-,14+. The number of benzene rings is 1. The molecule has 1 aromatic carbocycles. The normalized spacial score (nSPS) is 20.7. The van der Waals surface area contributed by atoms with Crippen molar-refractivity contribution in [2.24, 2.45) is 0 Å². The number of nitrogens with zero attached hydrogens (tertiary/aromatic N) is 5. The van der Waals surface area contributed by atoms with Crippen LogP contribution in [0.4, 0.5) is 0 Å². The van der Waals surface area contributed by atoms with Gasteiger partial charge in [0.05, 0.1) is 11.4 Å². The molecule has 1 aromatic heterocycles. The highest BCUT2D eigenvalue weighted by Crippen LogP contribution is 2.26. The molecule has 3 rings (SSSR count). The van der Waals surface area contributed by atoms with Gasteiger partial charge in [-0.3, -0.25) is 4.79 Å². The van der Waals surface area contributed by atoms with Crippen molar-refractivity contribution in [1.82, 2.24) is 25.1 Å². The summed E-state index contributed by atoms with van der Waals surface area (Å²) < 4.78 is 1.73. The van der Waals surface area contributed by atoms with Crippen LogP contribution in [0.2, 0.25) is 0 Å². The van der Waals surface area contributed by atoms with Gasteiger partial charge in [0.1, 0.15) is 0 Å². The Labute approximate surface area is 153 Å². The maximum absolute atomic E-state index is 12.7.